The van der Waals surface area contributed by atoms with Crippen LogP contribution in [0.4, 0.5) is 0 Å². The lowest BCUT2D eigenvalue weighted by Gasteiger charge is -2.27. The maximum absolute atomic E-state index is 13.7. The molecule has 1 fully saturated rings. The van der Waals surface area contributed by atoms with Crippen molar-refractivity contribution in [1.29, 1.82) is 0 Å². The van der Waals surface area contributed by atoms with Crippen LogP contribution < -0.4 is 31.3 Å². The van der Waals surface area contributed by atoms with Crippen molar-refractivity contribution in [2.75, 3.05) is 32.8 Å². The number of fused-ring (bicyclic) bond motifs is 1. The van der Waals surface area contributed by atoms with Crippen LogP contribution in [0.3, 0.4) is 0 Å². The van der Waals surface area contributed by atoms with Crippen LogP contribution in [0.25, 0.3) is 0 Å². The highest BCUT2D eigenvalue weighted by Gasteiger charge is 2.32. The van der Waals surface area contributed by atoms with E-state index in [1.54, 1.807) is 57.2 Å². The number of nitrogens with one attached hydrogen (secondary N) is 5. The van der Waals surface area contributed by atoms with Crippen LogP contribution in [0.2, 0.25) is 0 Å². The monoisotopic (exact) mass is 678 g/mol. The minimum Gasteiger partial charge on any atom is -0.508 e. The Labute approximate surface area is 287 Å². The second-order valence-corrected chi connectivity index (χ2v) is 13.2. The summed E-state index contributed by atoms with van der Waals surface area (Å²) in [7, 11) is 0. The van der Waals surface area contributed by atoms with Gasteiger partial charge in [0.15, 0.2) is 0 Å². The van der Waals surface area contributed by atoms with E-state index in [1.165, 1.54) is 25.0 Å². The summed E-state index contributed by atoms with van der Waals surface area (Å²) in [6.07, 6.45) is 3.66. The van der Waals surface area contributed by atoms with Gasteiger partial charge in [0.2, 0.25) is 23.6 Å². The molecule has 6 N–H and O–H groups in total. The fourth-order valence-corrected chi connectivity index (χ4v) is 5.92. The van der Waals surface area contributed by atoms with Gasteiger partial charge in [-0.25, -0.2) is 0 Å². The number of phenolic OH excluding ortho intramolecular Hbond substituents is 1. The Morgan fingerprint density at radius 3 is 2.37 bits per heavy atom. The number of hydrogen-bond donors (Lipinski definition) is 6. The van der Waals surface area contributed by atoms with Gasteiger partial charge in [0.05, 0.1) is 18.0 Å². The SMILES string of the molecule is CC(C)[C@H]1NC(=O)[C@H](Cc2ccc(O)cc2)NC(=O)C[C@@H](C(=O)NCCCCN2CCCC2)NC(=O)c2ccccc2OC[C@H](C)NC1=O. The number of amides is 5. The number of unbranched alkanes of at least 4 members (excludes halogenated alkanes) is 1. The van der Waals surface area contributed by atoms with E-state index in [0.717, 1.165) is 32.5 Å². The van der Waals surface area contributed by atoms with Crippen molar-refractivity contribution in [3.05, 3.63) is 59.7 Å². The zero-order valence-electron chi connectivity index (χ0n) is 28.6. The minimum atomic E-state index is -1.25. The van der Waals surface area contributed by atoms with Gasteiger partial charge >= 0.3 is 0 Å². The molecule has 0 bridgehead atoms. The fourth-order valence-electron chi connectivity index (χ4n) is 5.92. The molecule has 0 radical (unpaired) electrons. The normalized spacial score (nSPS) is 22.9. The van der Waals surface area contributed by atoms with E-state index in [9.17, 15) is 29.1 Å². The van der Waals surface area contributed by atoms with Gasteiger partial charge in [-0.2, -0.15) is 0 Å². The first-order valence-electron chi connectivity index (χ1n) is 17.2. The maximum Gasteiger partial charge on any atom is 0.255 e. The van der Waals surface area contributed by atoms with Gasteiger partial charge in [-0.3, -0.25) is 24.0 Å². The van der Waals surface area contributed by atoms with Gasteiger partial charge < -0.3 is 41.3 Å². The molecular weight excluding hydrogens is 628 g/mol. The molecule has 2 heterocycles. The van der Waals surface area contributed by atoms with Crippen LogP contribution in [0.5, 0.6) is 11.5 Å². The van der Waals surface area contributed by atoms with Crippen molar-refractivity contribution >= 4 is 29.5 Å². The Bertz CT molecular complexity index is 1440. The topological polar surface area (TPSA) is 178 Å². The van der Waals surface area contributed by atoms with E-state index < -0.39 is 60.1 Å². The van der Waals surface area contributed by atoms with Crippen molar-refractivity contribution in [3.63, 3.8) is 0 Å². The van der Waals surface area contributed by atoms with E-state index >= 15 is 0 Å². The summed E-state index contributed by atoms with van der Waals surface area (Å²) >= 11 is 0. The number of ether oxygens (including phenoxy) is 1. The second kappa shape index (κ2) is 18.2. The molecule has 0 aromatic heterocycles. The second-order valence-electron chi connectivity index (χ2n) is 13.2. The molecule has 0 spiro atoms. The number of carbonyl (C=O) groups is 5. The number of para-hydroxylation sites is 1. The van der Waals surface area contributed by atoms with E-state index in [4.69, 9.17) is 4.74 Å². The van der Waals surface area contributed by atoms with Gasteiger partial charge in [-0.15, -0.1) is 0 Å². The molecule has 0 aliphatic carbocycles. The molecule has 49 heavy (non-hydrogen) atoms. The summed E-state index contributed by atoms with van der Waals surface area (Å²) in [6, 6.07) is 8.94. The predicted molar refractivity (Wildman–Crippen MR) is 184 cm³/mol. The number of nitrogens with zero attached hydrogens (tertiary/aromatic N) is 1. The first-order chi connectivity index (χ1) is 23.5. The van der Waals surface area contributed by atoms with Crippen molar-refractivity contribution in [3.8, 4) is 11.5 Å². The molecule has 2 aromatic rings. The van der Waals surface area contributed by atoms with Crippen LogP contribution in [0.1, 0.15) is 68.8 Å². The van der Waals surface area contributed by atoms with Crippen LogP contribution in [-0.2, 0) is 25.6 Å². The molecule has 2 aliphatic rings. The van der Waals surface area contributed by atoms with Crippen LogP contribution in [0, 0.1) is 5.92 Å². The highest BCUT2D eigenvalue weighted by atomic mass is 16.5. The molecule has 13 nitrogen and oxygen atoms in total. The third-order valence-corrected chi connectivity index (χ3v) is 8.69. The largest absolute Gasteiger partial charge is 0.508 e. The summed E-state index contributed by atoms with van der Waals surface area (Å²) in [5.41, 5.74) is 0.810. The number of rotatable bonds is 9. The van der Waals surface area contributed by atoms with E-state index in [2.05, 4.69) is 31.5 Å². The fraction of sp³-hybridized carbons (Fsp3) is 0.528. The molecule has 5 amide bonds. The molecule has 2 aromatic carbocycles. The average molecular weight is 679 g/mol. The lowest BCUT2D eigenvalue weighted by atomic mass is 10.0. The van der Waals surface area contributed by atoms with Gasteiger partial charge in [-0.05, 0) is 88.0 Å². The summed E-state index contributed by atoms with van der Waals surface area (Å²) in [5, 5.41) is 23.7. The molecule has 4 atom stereocenters. The molecule has 0 unspecified atom stereocenters. The predicted octanol–water partition coefficient (Wildman–Crippen LogP) is 1.64. The zero-order valence-corrected chi connectivity index (χ0v) is 28.6. The summed E-state index contributed by atoms with van der Waals surface area (Å²) in [5.74, 6) is -2.82. The van der Waals surface area contributed by atoms with Gasteiger partial charge in [0.25, 0.3) is 5.91 Å². The maximum atomic E-state index is 13.7. The Morgan fingerprint density at radius 2 is 1.65 bits per heavy atom. The Morgan fingerprint density at radius 1 is 0.939 bits per heavy atom. The van der Waals surface area contributed by atoms with Crippen molar-refractivity contribution in [1.82, 2.24) is 31.5 Å². The number of aromatic hydroxyl groups is 1. The molecule has 4 rings (SSSR count). The van der Waals surface area contributed by atoms with E-state index in [-0.39, 0.29) is 36.0 Å². The number of hydrogen-bond acceptors (Lipinski definition) is 8. The third kappa shape index (κ3) is 11.5. The molecule has 1 saturated heterocycles. The van der Waals surface area contributed by atoms with Crippen molar-refractivity contribution in [2.24, 2.45) is 5.92 Å². The average Bonchev–Trinajstić information content (AvgIpc) is 3.59. The summed E-state index contributed by atoms with van der Waals surface area (Å²) < 4.78 is 5.94. The molecule has 0 saturated carbocycles. The van der Waals surface area contributed by atoms with Crippen molar-refractivity contribution in [2.45, 2.75) is 83.5 Å². The van der Waals surface area contributed by atoms with Crippen LogP contribution >= 0.6 is 0 Å². The zero-order chi connectivity index (χ0) is 35.3. The number of likely N-dealkylation sites (tertiary alicyclic amines) is 1. The molecule has 2 aliphatic heterocycles. The number of benzene rings is 2. The standard InChI is InChI=1S/C36H50N6O7/c1-23(2)32-36(48)38-24(3)22-49-30-11-5-4-10-27(30)33(45)40-29(34(46)37-16-6-7-17-42-18-8-9-19-42)21-31(44)39-28(35(47)41-32)20-25-12-14-26(43)15-13-25/h4-5,10-15,23-24,28-29,32,43H,6-9,16-22H2,1-3H3,(H,37,46)(H,38,48)(H,39,44)(H,40,45)(H,41,47)/t24-,28-,29-,32+/m0/s1. The smallest absolute Gasteiger partial charge is 0.255 e. The first-order valence-corrected chi connectivity index (χ1v) is 17.2. The van der Waals surface area contributed by atoms with Gasteiger partial charge in [0.1, 0.15) is 36.2 Å². The lowest BCUT2D eigenvalue weighted by Crippen LogP contribution is -2.57. The Kier molecular flexibility index (Phi) is 13.8. The van der Waals surface area contributed by atoms with Gasteiger partial charge in [0, 0.05) is 13.0 Å². The first kappa shape index (κ1) is 37.2. The molecular formula is C36H50N6O7. The highest BCUT2D eigenvalue weighted by Crippen LogP contribution is 2.19. The molecule has 13 heteroatoms. The molecule has 266 valence electrons. The minimum absolute atomic E-state index is 0.0274. The summed E-state index contributed by atoms with van der Waals surface area (Å²) in [4.78, 5) is 70.1. The lowest BCUT2D eigenvalue weighted by molar-refractivity contribution is -0.133. The van der Waals surface area contributed by atoms with Crippen molar-refractivity contribution < 1.29 is 33.8 Å². The van der Waals surface area contributed by atoms with Crippen LogP contribution in [0.15, 0.2) is 48.5 Å². The number of carbonyl (C=O) groups excluding carboxylic acids is 5. The number of phenols is 1. The quantitative estimate of drug-likeness (QED) is 0.217. The van der Waals surface area contributed by atoms with Crippen LogP contribution in [-0.4, -0.2) is 96.5 Å². The van der Waals surface area contributed by atoms with Gasteiger partial charge in [-0.1, -0.05) is 38.1 Å². The Balaban J connectivity index is 1.58. The summed E-state index contributed by atoms with van der Waals surface area (Å²) in [6.45, 7) is 8.88. The Hall–Kier alpha value is -4.65. The highest BCUT2D eigenvalue weighted by molar-refractivity contribution is 6.01. The van der Waals surface area contributed by atoms with E-state index in [0.29, 0.717) is 12.1 Å². The third-order valence-electron chi connectivity index (χ3n) is 8.69. The van der Waals surface area contributed by atoms with E-state index in [1.807, 2.05) is 0 Å².